The van der Waals surface area contributed by atoms with Crippen molar-refractivity contribution in [3.63, 3.8) is 0 Å². The molecule has 1 unspecified atom stereocenters. The number of hydrogen-bond donors (Lipinski definition) is 1. The maximum Gasteiger partial charge on any atom is 0.410 e. The molecule has 0 radical (unpaired) electrons. The average molecular weight is 276 g/mol. The second-order valence-electron chi connectivity index (χ2n) is 5.08. The predicted molar refractivity (Wildman–Crippen MR) is 75.0 cm³/mol. The van der Waals surface area contributed by atoms with E-state index in [1.54, 1.807) is 6.92 Å². The van der Waals surface area contributed by atoms with Crippen LogP contribution in [0.3, 0.4) is 0 Å². The van der Waals surface area contributed by atoms with E-state index in [1.807, 2.05) is 30.3 Å². The van der Waals surface area contributed by atoms with Crippen LogP contribution in [0.1, 0.15) is 25.3 Å². The molecule has 108 valence electrons. The van der Waals surface area contributed by atoms with Crippen molar-refractivity contribution >= 4 is 11.9 Å². The molecule has 0 aliphatic carbocycles. The van der Waals surface area contributed by atoms with Crippen LogP contribution in [0.5, 0.6) is 0 Å². The van der Waals surface area contributed by atoms with E-state index in [9.17, 15) is 9.59 Å². The molecule has 0 aromatic heterocycles. The molecule has 0 spiro atoms. The number of amides is 1. The molecule has 2 atom stereocenters. The Labute approximate surface area is 118 Å². The van der Waals surface area contributed by atoms with E-state index in [2.05, 4.69) is 0 Å². The number of benzene rings is 1. The van der Waals surface area contributed by atoms with Gasteiger partial charge < -0.3 is 10.5 Å². The zero-order chi connectivity index (χ0) is 14.5. The van der Waals surface area contributed by atoms with Crippen molar-refractivity contribution < 1.29 is 14.3 Å². The summed E-state index contributed by atoms with van der Waals surface area (Å²) in [6, 6.07) is 8.48. The maximum absolute atomic E-state index is 12.1. The molecule has 1 aromatic rings. The lowest BCUT2D eigenvalue weighted by atomic mass is 10.1. The summed E-state index contributed by atoms with van der Waals surface area (Å²) in [5, 5.41) is 0. The molecule has 0 saturated carbocycles. The molecule has 1 saturated heterocycles. The lowest BCUT2D eigenvalue weighted by molar-refractivity contribution is -0.123. The van der Waals surface area contributed by atoms with Crippen molar-refractivity contribution in [2.75, 3.05) is 6.54 Å². The van der Waals surface area contributed by atoms with E-state index in [0.29, 0.717) is 13.0 Å². The van der Waals surface area contributed by atoms with Gasteiger partial charge in [0.2, 0.25) is 0 Å². The Morgan fingerprint density at radius 3 is 2.75 bits per heavy atom. The minimum atomic E-state index is -0.553. The number of rotatable bonds is 4. The van der Waals surface area contributed by atoms with Gasteiger partial charge >= 0.3 is 6.09 Å². The molecule has 1 heterocycles. The Hall–Kier alpha value is -1.88. The van der Waals surface area contributed by atoms with Crippen molar-refractivity contribution in [2.24, 2.45) is 5.73 Å². The summed E-state index contributed by atoms with van der Waals surface area (Å²) in [4.78, 5) is 25.5. The summed E-state index contributed by atoms with van der Waals surface area (Å²) in [6.45, 7) is 2.42. The standard InChI is InChI=1S/C15H20N2O3/c1-11(16)14(18)13-8-5-9-17(13)15(19)20-10-12-6-3-2-4-7-12/h2-4,6-7,11,13H,5,8-10,16H2,1H3/t11?,13-/m1/s1. The van der Waals surface area contributed by atoms with Gasteiger partial charge in [-0.3, -0.25) is 9.69 Å². The molecule has 1 amide bonds. The Kier molecular flexibility index (Phi) is 4.74. The minimum absolute atomic E-state index is 0.0980. The first-order valence-corrected chi connectivity index (χ1v) is 6.86. The monoisotopic (exact) mass is 276 g/mol. The van der Waals surface area contributed by atoms with E-state index < -0.39 is 18.2 Å². The molecule has 20 heavy (non-hydrogen) atoms. The molecule has 1 aliphatic rings. The second-order valence-corrected chi connectivity index (χ2v) is 5.08. The van der Waals surface area contributed by atoms with Gasteiger partial charge in [0.05, 0.1) is 12.1 Å². The second kappa shape index (κ2) is 6.52. The molecule has 1 aromatic carbocycles. The van der Waals surface area contributed by atoms with Crippen molar-refractivity contribution in [2.45, 2.75) is 38.5 Å². The molecular weight excluding hydrogens is 256 g/mol. The Balaban J connectivity index is 1.93. The topological polar surface area (TPSA) is 72.6 Å². The van der Waals surface area contributed by atoms with Crippen LogP contribution < -0.4 is 5.73 Å². The van der Waals surface area contributed by atoms with Crippen LogP contribution in [0.2, 0.25) is 0 Å². The predicted octanol–water partition coefficient (Wildman–Crippen LogP) is 1.70. The normalized spacial score (nSPS) is 19.7. The van der Waals surface area contributed by atoms with Crippen LogP contribution in [0.4, 0.5) is 4.79 Å². The fourth-order valence-electron chi connectivity index (χ4n) is 2.39. The zero-order valence-corrected chi connectivity index (χ0v) is 11.6. The number of carbonyl (C=O) groups excluding carboxylic acids is 2. The van der Waals surface area contributed by atoms with Gasteiger partial charge in [-0.25, -0.2) is 4.79 Å². The number of hydrogen-bond acceptors (Lipinski definition) is 4. The third-order valence-corrected chi connectivity index (χ3v) is 3.47. The first-order valence-electron chi connectivity index (χ1n) is 6.86. The van der Waals surface area contributed by atoms with Crippen LogP contribution in [-0.2, 0) is 16.1 Å². The number of ketones is 1. The average Bonchev–Trinajstić information content (AvgIpc) is 2.94. The van der Waals surface area contributed by atoms with Crippen molar-refractivity contribution in [3.8, 4) is 0 Å². The van der Waals surface area contributed by atoms with Crippen LogP contribution in [0, 0.1) is 0 Å². The van der Waals surface area contributed by atoms with Gasteiger partial charge in [-0.15, -0.1) is 0 Å². The number of ether oxygens (including phenoxy) is 1. The summed E-state index contributed by atoms with van der Waals surface area (Å²) in [5.74, 6) is -0.0980. The quantitative estimate of drug-likeness (QED) is 0.908. The third-order valence-electron chi connectivity index (χ3n) is 3.47. The number of likely N-dealkylation sites (tertiary alicyclic amines) is 1. The lowest BCUT2D eigenvalue weighted by Crippen LogP contribution is -2.46. The molecule has 5 heteroatoms. The lowest BCUT2D eigenvalue weighted by Gasteiger charge is -2.24. The van der Waals surface area contributed by atoms with Gasteiger partial charge in [0.25, 0.3) is 0 Å². The van der Waals surface area contributed by atoms with Gasteiger partial charge in [0.1, 0.15) is 6.61 Å². The van der Waals surface area contributed by atoms with E-state index in [1.165, 1.54) is 4.90 Å². The fourth-order valence-corrected chi connectivity index (χ4v) is 2.39. The summed E-state index contributed by atoms with van der Waals surface area (Å²) in [7, 11) is 0. The summed E-state index contributed by atoms with van der Waals surface area (Å²) >= 11 is 0. The Bertz CT molecular complexity index is 473. The number of carbonyl (C=O) groups is 2. The van der Waals surface area contributed by atoms with E-state index >= 15 is 0 Å². The molecule has 2 N–H and O–H groups in total. The first-order chi connectivity index (χ1) is 9.59. The molecule has 1 fully saturated rings. The smallest absolute Gasteiger partial charge is 0.410 e. The van der Waals surface area contributed by atoms with Gasteiger partial charge in [0, 0.05) is 6.54 Å². The van der Waals surface area contributed by atoms with Crippen LogP contribution in [-0.4, -0.2) is 35.4 Å². The largest absolute Gasteiger partial charge is 0.445 e. The highest BCUT2D eigenvalue weighted by atomic mass is 16.6. The van der Waals surface area contributed by atoms with Crippen LogP contribution >= 0.6 is 0 Å². The number of nitrogens with two attached hydrogens (primary N) is 1. The third kappa shape index (κ3) is 3.36. The van der Waals surface area contributed by atoms with Gasteiger partial charge in [-0.2, -0.15) is 0 Å². The highest BCUT2D eigenvalue weighted by Crippen LogP contribution is 2.20. The number of Topliss-reactive ketones (excluding diaryl/α,β-unsaturated/α-hetero) is 1. The van der Waals surface area contributed by atoms with E-state index in [4.69, 9.17) is 10.5 Å². The van der Waals surface area contributed by atoms with Crippen LogP contribution in [0.15, 0.2) is 30.3 Å². The van der Waals surface area contributed by atoms with Gasteiger partial charge in [-0.1, -0.05) is 30.3 Å². The Morgan fingerprint density at radius 1 is 1.40 bits per heavy atom. The summed E-state index contributed by atoms with van der Waals surface area (Å²) in [5.41, 5.74) is 6.54. The SMILES string of the molecule is CC(N)C(=O)[C@H]1CCCN1C(=O)OCc1ccccc1. The highest BCUT2D eigenvalue weighted by Gasteiger charge is 2.36. The van der Waals surface area contributed by atoms with Crippen molar-refractivity contribution in [1.82, 2.24) is 4.90 Å². The minimum Gasteiger partial charge on any atom is -0.445 e. The maximum atomic E-state index is 12.1. The zero-order valence-electron chi connectivity index (χ0n) is 11.6. The van der Waals surface area contributed by atoms with Crippen molar-refractivity contribution in [1.29, 1.82) is 0 Å². The molecule has 1 aliphatic heterocycles. The van der Waals surface area contributed by atoms with E-state index in [-0.39, 0.29) is 12.4 Å². The fraction of sp³-hybridized carbons (Fsp3) is 0.467. The van der Waals surface area contributed by atoms with E-state index in [0.717, 1.165) is 12.0 Å². The first kappa shape index (κ1) is 14.5. The molecule has 5 nitrogen and oxygen atoms in total. The molecular formula is C15H20N2O3. The summed E-state index contributed by atoms with van der Waals surface area (Å²) < 4.78 is 5.27. The number of nitrogens with zero attached hydrogens (tertiary/aromatic N) is 1. The Morgan fingerprint density at radius 2 is 2.10 bits per heavy atom. The van der Waals surface area contributed by atoms with Crippen LogP contribution in [0.25, 0.3) is 0 Å². The van der Waals surface area contributed by atoms with Gasteiger partial charge in [0.15, 0.2) is 5.78 Å². The molecule has 2 rings (SSSR count). The van der Waals surface area contributed by atoms with Crippen molar-refractivity contribution in [3.05, 3.63) is 35.9 Å². The summed E-state index contributed by atoms with van der Waals surface area (Å²) in [6.07, 6.45) is 1.04. The highest BCUT2D eigenvalue weighted by molar-refractivity contribution is 5.91. The molecule has 0 bridgehead atoms. The van der Waals surface area contributed by atoms with Gasteiger partial charge in [-0.05, 0) is 25.3 Å².